The summed E-state index contributed by atoms with van der Waals surface area (Å²) in [5.41, 5.74) is 11.2. The van der Waals surface area contributed by atoms with Gasteiger partial charge in [-0.25, -0.2) is 4.39 Å². The molecule has 0 saturated heterocycles. The molecule has 0 bridgehead atoms. The van der Waals surface area contributed by atoms with Crippen molar-refractivity contribution in [2.75, 3.05) is 0 Å². The van der Waals surface area contributed by atoms with Gasteiger partial charge in [0, 0.05) is 42.2 Å². The maximum atomic E-state index is 14.2. The fourth-order valence-corrected chi connectivity index (χ4v) is 8.71. The van der Waals surface area contributed by atoms with Gasteiger partial charge in [0.2, 0.25) is 0 Å². The molecule has 0 aliphatic rings. The molecular formula is C52H46FIrN3S-2. The number of imidazole rings is 1. The number of aryl methyl sites for hydroxylation is 1. The van der Waals surface area contributed by atoms with Crippen LogP contribution >= 0.6 is 11.3 Å². The Morgan fingerprint density at radius 1 is 0.724 bits per heavy atom. The van der Waals surface area contributed by atoms with E-state index in [2.05, 4.69) is 116 Å². The van der Waals surface area contributed by atoms with Crippen molar-refractivity contribution in [2.45, 2.75) is 66.1 Å². The van der Waals surface area contributed by atoms with Gasteiger partial charge in [-0.3, -0.25) is 4.98 Å². The van der Waals surface area contributed by atoms with Gasteiger partial charge in [-0.1, -0.05) is 107 Å². The monoisotopic (exact) mass is 960 g/mol. The van der Waals surface area contributed by atoms with Crippen LogP contribution in [0.25, 0.3) is 70.7 Å². The molecule has 9 aromatic rings. The van der Waals surface area contributed by atoms with Gasteiger partial charge >= 0.3 is 0 Å². The molecule has 0 unspecified atom stereocenters. The van der Waals surface area contributed by atoms with E-state index in [1.54, 1.807) is 43.4 Å². The van der Waals surface area contributed by atoms with Gasteiger partial charge in [-0.05, 0) is 110 Å². The minimum Gasteiger partial charge on any atom is -0.333 e. The molecule has 0 saturated carbocycles. The van der Waals surface area contributed by atoms with Crippen LogP contribution < -0.4 is 0 Å². The number of nitrogens with zero attached hydrogens (tertiary/aromatic N) is 3. The van der Waals surface area contributed by atoms with Gasteiger partial charge < -0.3 is 9.55 Å². The molecular weight excluding hydrogens is 910 g/mol. The third-order valence-electron chi connectivity index (χ3n) is 10.4. The first-order chi connectivity index (χ1) is 29.1. The molecule has 293 valence electrons. The number of pyridine rings is 1. The van der Waals surface area contributed by atoms with E-state index in [4.69, 9.17) is 10.5 Å². The summed E-state index contributed by atoms with van der Waals surface area (Å²) in [5.74, 6) is 0.207. The predicted octanol–water partition coefficient (Wildman–Crippen LogP) is 14.9. The van der Waals surface area contributed by atoms with Crippen molar-refractivity contribution >= 4 is 42.5 Å². The standard InChI is InChI=1S/C37H30FN2S.C15H16N.Ir/c1-22(2)30-19-25(24-11-6-5-7-12-24)20-31(23(3)4)35(30)40-33-16-9-8-15-32(33)39-37(40)29-14-10-13-28-27-18-17-26(38)21-34(27)41-36(28)29;1-11(2)14-9-15(16-10-12(14)3)13-7-5-4-6-8-13;/h5-13,15-23H,1-4H3;4-7,9-11H,1-3H3;/q2*-1;/i;3D3,11D;. The van der Waals surface area contributed by atoms with Crippen LogP contribution in [0.5, 0.6) is 0 Å². The maximum Gasteiger partial charge on any atom is 0.124 e. The molecule has 6 heteroatoms. The Kier molecular flexibility index (Phi) is 10.7. The number of hydrogen-bond donors (Lipinski definition) is 0. The number of aromatic nitrogens is 3. The van der Waals surface area contributed by atoms with Crippen molar-refractivity contribution in [1.82, 2.24) is 14.5 Å². The smallest absolute Gasteiger partial charge is 0.124 e. The first-order valence-electron chi connectivity index (χ1n) is 21.3. The predicted molar refractivity (Wildman–Crippen MR) is 239 cm³/mol. The second kappa shape index (κ2) is 17.3. The minimum atomic E-state index is -2.26. The Labute approximate surface area is 364 Å². The summed E-state index contributed by atoms with van der Waals surface area (Å²) in [6.07, 6.45) is 1.36. The number of hydrogen-bond acceptors (Lipinski definition) is 3. The number of para-hydroxylation sites is 2. The summed E-state index contributed by atoms with van der Waals surface area (Å²) < 4.78 is 49.4. The second-order valence-corrected chi connectivity index (χ2v) is 16.2. The minimum absolute atomic E-state index is 0. The number of fused-ring (bicyclic) bond motifs is 4. The second-order valence-electron chi connectivity index (χ2n) is 15.2. The fraction of sp³-hybridized carbons (Fsp3) is 0.192. The number of thiophene rings is 1. The van der Waals surface area contributed by atoms with Crippen molar-refractivity contribution < 1.29 is 30.0 Å². The van der Waals surface area contributed by atoms with Gasteiger partial charge in [0.1, 0.15) is 5.82 Å². The Balaban J connectivity index is 0.000000233. The van der Waals surface area contributed by atoms with Gasteiger partial charge in [-0.2, -0.15) is 11.3 Å². The summed E-state index contributed by atoms with van der Waals surface area (Å²) >= 11 is 1.61. The molecule has 0 amide bonds. The third-order valence-corrected chi connectivity index (χ3v) is 11.5. The molecule has 9 rings (SSSR count). The van der Waals surface area contributed by atoms with Crippen LogP contribution in [-0.4, -0.2) is 14.5 Å². The molecule has 0 aliphatic heterocycles. The van der Waals surface area contributed by atoms with Crippen molar-refractivity contribution in [2.24, 2.45) is 0 Å². The molecule has 6 aromatic carbocycles. The van der Waals surface area contributed by atoms with Crippen molar-refractivity contribution in [3.63, 3.8) is 0 Å². The first kappa shape index (κ1) is 35.9. The number of benzene rings is 6. The zero-order valence-electron chi connectivity index (χ0n) is 37.3. The quantitative estimate of drug-likeness (QED) is 0.149. The van der Waals surface area contributed by atoms with Crippen LogP contribution in [0.2, 0.25) is 0 Å². The third kappa shape index (κ3) is 7.94. The topological polar surface area (TPSA) is 30.7 Å². The molecule has 0 fully saturated rings. The summed E-state index contributed by atoms with van der Waals surface area (Å²) in [5, 5.41) is 2.16. The first-order valence-corrected chi connectivity index (χ1v) is 20.1. The normalized spacial score (nSPS) is 12.8. The summed E-state index contributed by atoms with van der Waals surface area (Å²) in [7, 11) is 0. The Morgan fingerprint density at radius 2 is 1.45 bits per heavy atom. The van der Waals surface area contributed by atoms with Crippen LogP contribution in [0.4, 0.5) is 4.39 Å². The van der Waals surface area contributed by atoms with E-state index < -0.39 is 12.7 Å². The molecule has 3 nitrogen and oxygen atoms in total. The zero-order chi connectivity index (χ0) is 43.2. The Morgan fingerprint density at radius 3 is 2.14 bits per heavy atom. The van der Waals surface area contributed by atoms with E-state index in [1.807, 2.05) is 36.4 Å². The van der Waals surface area contributed by atoms with Gasteiger partial charge in [0.15, 0.2) is 0 Å². The fourth-order valence-electron chi connectivity index (χ4n) is 7.49. The van der Waals surface area contributed by atoms with Crippen molar-refractivity contribution in [3.05, 3.63) is 174 Å². The molecule has 0 spiro atoms. The summed E-state index contributed by atoms with van der Waals surface area (Å²) in [4.78, 5) is 9.46. The van der Waals surface area contributed by atoms with Crippen molar-refractivity contribution in [3.8, 4) is 39.5 Å². The van der Waals surface area contributed by atoms with Crippen LogP contribution in [0.3, 0.4) is 0 Å². The Hall–Kier alpha value is -5.26. The molecule has 3 heterocycles. The molecule has 0 atom stereocenters. The van der Waals surface area contributed by atoms with E-state index in [-0.39, 0.29) is 43.3 Å². The molecule has 58 heavy (non-hydrogen) atoms. The molecule has 1 radical (unpaired) electrons. The van der Waals surface area contributed by atoms with Crippen LogP contribution in [0.15, 0.2) is 134 Å². The number of halogens is 1. The summed E-state index contributed by atoms with van der Waals surface area (Å²) in [6, 6.07) is 48.4. The van der Waals surface area contributed by atoms with Crippen molar-refractivity contribution in [1.29, 1.82) is 0 Å². The number of rotatable bonds is 7. The van der Waals surface area contributed by atoms with Crippen LogP contribution in [0, 0.1) is 24.8 Å². The molecule has 0 N–H and O–H groups in total. The SMILES string of the molecule is CC(C)c1cc(-c2ccccc2)cc(C(C)C)c1-n1c(-c2[c-]ccc3c2sc2cc(F)ccc23)nc2ccccc21.[2H]C([2H])([2H])c1cnc(-c2[c-]cccc2)cc1C([2H])(C)C.[Ir]. The van der Waals surface area contributed by atoms with E-state index in [9.17, 15) is 4.39 Å². The molecule has 3 aromatic heterocycles. The maximum absolute atomic E-state index is 14.2. The average molecular weight is 960 g/mol. The van der Waals surface area contributed by atoms with Gasteiger partial charge in [0.05, 0.1) is 16.9 Å². The summed E-state index contributed by atoms with van der Waals surface area (Å²) in [6.45, 7) is 10.2. The van der Waals surface area contributed by atoms with E-state index in [0.29, 0.717) is 11.3 Å². The Bertz CT molecular complexity index is 2990. The average Bonchev–Trinajstić information content (AvgIpc) is 3.81. The van der Waals surface area contributed by atoms with Crippen LogP contribution in [-0.2, 0) is 20.1 Å². The van der Waals surface area contributed by atoms with Crippen LogP contribution in [0.1, 0.15) is 87.0 Å². The zero-order valence-corrected chi connectivity index (χ0v) is 36.5. The van der Waals surface area contributed by atoms with E-state index in [0.717, 1.165) is 48.2 Å². The van der Waals surface area contributed by atoms with E-state index in [1.165, 1.54) is 40.2 Å². The van der Waals surface area contributed by atoms with E-state index >= 15 is 0 Å². The van der Waals surface area contributed by atoms with Gasteiger partial charge in [-0.15, -0.1) is 54.1 Å². The molecule has 0 aliphatic carbocycles. The largest absolute Gasteiger partial charge is 0.333 e. The van der Waals surface area contributed by atoms with Gasteiger partial charge in [0.25, 0.3) is 0 Å².